The van der Waals surface area contributed by atoms with E-state index in [9.17, 15) is 0 Å². The van der Waals surface area contributed by atoms with Crippen molar-refractivity contribution in [2.45, 2.75) is 46.2 Å². The molecule has 6 heteroatoms. The van der Waals surface area contributed by atoms with Crippen molar-refractivity contribution < 1.29 is 18.9 Å². The van der Waals surface area contributed by atoms with Crippen molar-refractivity contribution in [1.29, 1.82) is 0 Å². The van der Waals surface area contributed by atoms with E-state index in [4.69, 9.17) is 18.9 Å². The zero-order chi connectivity index (χ0) is 28.0. The highest BCUT2D eigenvalue weighted by atomic mass is 16.5. The monoisotopic (exact) mass is 544 g/mol. The second kappa shape index (κ2) is 16.1. The summed E-state index contributed by atoms with van der Waals surface area (Å²) in [5, 5.41) is 3.52. The Hall–Kier alpha value is -3.32. The van der Waals surface area contributed by atoms with Crippen LogP contribution in [0.15, 0.2) is 73.3 Å². The number of unbranched alkanes of at least 4 members (excludes halogenated alkanes) is 1. The fourth-order valence-electron chi connectivity index (χ4n) is 4.44. The van der Waals surface area contributed by atoms with Gasteiger partial charge in [-0.3, -0.25) is 4.90 Å². The molecule has 4 rings (SSSR count). The number of ether oxygens (including phenoxy) is 4. The number of hydrogen-bond acceptors (Lipinski definition) is 6. The van der Waals surface area contributed by atoms with E-state index < -0.39 is 0 Å². The first-order valence-corrected chi connectivity index (χ1v) is 14.5. The lowest BCUT2D eigenvalue weighted by atomic mass is 10.1. The van der Waals surface area contributed by atoms with Crippen LogP contribution >= 0.6 is 0 Å². The third-order valence-electron chi connectivity index (χ3n) is 6.96. The fraction of sp³-hybridized carbons (Fsp3) is 0.412. The van der Waals surface area contributed by atoms with Crippen molar-refractivity contribution in [3.8, 4) is 17.2 Å². The number of rotatable bonds is 16. The topological polar surface area (TPSA) is 52.2 Å². The molecule has 214 valence electrons. The van der Waals surface area contributed by atoms with Gasteiger partial charge in [-0.15, -0.1) is 0 Å². The van der Waals surface area contributed by atoms with Crippen LogP contribution in [0.1, 0.15) is 48.4 Å². The van der Waals surface area contributed by atoms with E-state index in [2.05, 4.69) is 48.0 Å². The van der Waals surface area contributed by atoms with Gasteiger partial charge in [0.2, 0.25) is 0 Å². The molecule has 0 unspecified atom stereocenters. The van der Waals surface area contributed by atoms with E-state index in [1.807, 2.05) is 49.4 Å². The largest absolute Gasteiger partial charge is 0.494 e. The maximum absolute atomic E-state index is 6.12. The van der Waals surface area contributed by atoms with E-state index in [0.717, 1.165) is 100 Å². The Bertz CT molecular complexity index is 1170. The molecular formula is C34H44N2O4. The van der Waals surface area contributed by atoms with Crippen molar-refractivity contribution in [3.63, 3.8) is 0 Å². The molecule has 0 aromatic heterocycles. The van der Waals surface area contributed by atoms with Crippen LogP contribution < -0.4 is 19.5 Å². The maximum Gasteiger partial charge on any atom is 0.134 e. The van der Waals surface area contributed by atoms with Gasteiger partial charge in [-0.05, 0) is 73.3 Å². The highest BCUT2D eigenvalue weighted by Crippen LogP contribution is 2.28. The molecule has 0 atom stereocenters. The summed E-state index contributed by atoms with van der Waals surface area (Å²) in [5.41, 5.74) is 4.61. The summed E-state index contributed by atoms with van der Waals surface area (Å²) in [4.78, 5) is 2.44. The standard InChI is InChI=1S/C34H44N2O4/c1-4-5-20-38-32-15-12-31(13-16-32)28(3)40-34-24-33(14-7-27(34)2)39-21-6-17-35-25-29-8-10-30(11-9-29)26-36-18-22-37-23-19-36/h7-16,24,35H,3-6,17-23,25-26H2,1-2H3. The summed E-state index contributed by atoms with van der Waals surface area (Å²) in [6.07, 6.45) is 3.09. The molecule has 1 N–H and O–H groups in total. The van der Waals surface area contributed by atoms with Crippen LogP contribution in [-0.2, 0) is 17.8 Å². The third kappa shape index (κ3) is 9.70. The van der Waals surface area contributed by atoms with Crippen molar-refractivity contribution in [1.82, 2.24) is 10.2 Å². The first-order chi connectivity index (χ1) is 19.6. The molecule has 1 heterocycles. The number of nitrogens with one attached hydrogen (secondary N) is 1. The minimum absolute atomic E-state index is 0.596. The predicted molar refractivity (Wildman–Crippen MR) is 162 cm³/mol. The second-order valence-corrected chi connectivity index (χ2v) is 10.3. The SMILES string of the molecule is C=C(Oc1cc(OCCCNCc2ccc(CN3CCOCC3)cc2)ccc1C)c1ccc(OCCCC)cc1. The minimum atomic E-state index is 0.596. The molecule has 40 heavy (non-hydrogen) atoms. The molecule has 1 aliphatic rings. The molecule has 0 aliphatic carbocycles. The molecule has 0 bridgehead atoms. The maximum atomic E-state index is 6.12. The van der Waals surface area contributed by atoms with Crippen LogP contribution in [0.25, 0.3) is 5.76 Å². The van der Waals surface area contributed by atoms with E-state index in [1.54, 1.807) is 0 Å². The molecule has 3 aromatic rings. The van der Waals surface area contributed by atoms with Crippen molar-refractivity contribution >= 4 is 5.76 Å². The molecular weight excluding hydrogens is 500 g/mol. The Morgan fingerprint density at radius 2 is 1.55 bits per heavy atom. The Morgan fingerprint density at radius 3 is 2.30 bits per heavy atom. The molecule has 3 aromatic carbocycles. The summed E-state index contributed by atoms with van der Waals surface area (Å²) in [6, 6.07) is 22.7. The van der Waals surface area contributed by atoms with Crippen LogP contribution in [0.4, 0.5) is 0 Å². The molecule has 0 radical (unpaired) electrons. The second-order valence-electron chi connectivity index (χ2n) is 10.3. The molecule has 1 aliphatic heterocycles. The van der Waals surface area contributed by atoms with Crippen LogP contribution in [0, 0.1) is 6.92 Å². The highest BCUT2D eigenvalue weighted by Gasteiger charge is 2.11. The molecule has 1 fully saturated rings. The zero-order valence-corrected chi connectivity index (χ0v) is 24.1. The minimum Gasteiger partial charge on any atom is -0.494 e. The lowest BCUT2D eigenvalue weighted by Gasteiger charge is -2.26. The smallest absolute Gasteiger partial charge is 0.134 e. The predicted octanol–water partition coefficient (Wildman–Crippen LogP) is 6.61. The van der Waals surface area contributed by atoms with Crippen LogP contribution in [0.3, 0.4) is 0 Å². The Morgan fingerprint density at radius 1 is 0.875 bits per heavy atom. The number of nitrogens with zero attached hydrogens (tertiary/aromatic N) is 1. The third-order valence-corrected chi connectivity index (χ3v) is 6.96. The zero-order valence-electron chi connectivity index (χ0n) is 24.1. The number of aryl methyl sites for hydroxylation is 1. The quantitative estimate of drug-likeness (QED) is 0.162. The van der Waals surface area contributed by atoms with Gasteiger partial charge >= 0.3 is 0 Å². The van der Waals surface area contributed by atoms with Gasteiger partial charge in [0.15, 0.2) is 0 Å². The lowest BCUT2D eigenvalue weighted by molar-refractivity contribution is 0.0342. The summed E-state index contributed by atoms with van der Waals surface area (Å²) < 4.78 is 23.3. The van der Waals surface area contributed by atoms with E-state index in [-0.39, 0.29) is 0 Å². The van der Waals surface area contributed by atoms with E-state index in [0.29, 0.717) is 12.4 Å². The van der Waals surface area contributed by atoms with Crippen molar-refractivity contribution in [2.75, 3.05) is 46.1 Å². The summed E-state index contributed by atoms with van der Waals surface area (Å²) >= 11 is 0. The van der Waals surface area contributed by atoms with Crippen molar-refractivity contribution in [2.24, 2.45) is 0 Å². The summed E-state index contributed by atoms with van der Waals surface area (Å²) in [6.45, 7) is 16.1. The number of hydrogen-bond donors (Lipinski definition) is 1. The van der Waals surface area contributed by atoms with Gasteiger partial charge in [-0.1, -0.05) is 50.3 Å². The molecule has 6 nitrogen and oxygen atoms in total. The van der Waals surface area contributed by atoms with Gasteiger partial charge in [0.05, 0.1) is 26.4 Å². The van der Waals surface area contributed by atoms with Gasteiger partial charge < -0.3 is 24.3 Å². The van der Waals surface area contributed by atoms with Crippen molar-refractivity contribution in [3.05, 3.63) is 95.6 Å². The molecule has 1 saturated heterocycles. The van der Waals surface area contributed by atoms with Crippen LogP contribution in [0.5, 0.6) is 17.2 Å². The lowest BCUT2D eigenvalue weighted by Crippen LogP contribution is -2.35. The Labute approximate surface area is 239 Å². The molecule has 0 amide bonds. The number of benzene rings is 3. The Balaban J connectivity index is 1.15. The average molecular weight is 545 g/mol. The molecule has 0 saturated carbocycles. The van der Waals surface area contributed by atoms with Gasteiger partial charge in [0.1, 0.15) is 23.0 Å². The highest BCUT2D eigenvalue weighted by molar-refractivity contribution is 5.61. The first kappa shape index (κ1) is 29.7. The number of morpholine rings is 1. The van der Waals surface area contributed by atoms with Gasteiger partial charge in [-0.25, -0.2) is 0 Å². The first-order valence-electron chi connectivity index (χ1n) is 14.5. The van der Waals surface area contributed by atoms with E-state index >= 15 is 0 Å². The van der Waals surface area contributed by atoms with Gasteiger partial charge in [0, 0.05) is 37.8 Å². The van der Waals surface area contributed by atoms with Crippen LogP contribution in [-0.4, -0.2) is 51.0 Å². The Kier molecular flexibility index (Phi) is 11.9. The van der Waals surface area contributed by atoms with Gasteiger partial charge in [0.25, 0.3) is 0 Å². The van der Waals surface area contributed by atoms with E-state index in [1.165, 1.54) is 11.1 Å². The van der Waals surface area contributed by atoms with Crippen LogP contribution in [0.2, 0.25) is 0 Å². The fourth-order valence-corrected chi connectivity index (χ4v) is 4.44. The normalized spacial score (nSPS) is 13.7. The summed E-state index contributed by atoms with van der Waals surface area (Å²) in [7, 11) is 0. The van der Waals surface area contributed by atoms with Gasteiger partial charge in [-0.2, -0.15) is 0 Å². The molecule has 0 spiro atoms. The summed E-state index contributed by atoms with van der Waals surface area (Å²) in [5.74, 6) is 3.01. The average Bonchev–Trinajstić information content (AvgIpc) is 2.98.